The fourth-order valence-electron chi connectivity index (χ4n) is 2.35. The van der Waals surface area contributed by atoms with Crippen molar-refractivity contribution in [1.29, 1.82) is 0 Å². The third kappa shape index (κ3) is 4.07. The summed E-state index contributed by atoms with van der Waals surface area (Å²) in [7, 11) is 1.61. The van der Waals surface area contributed by atoms with E-state index in [-0.39, 0.29) is 12.0 Å². The van der Waals surface area contributed by atoms with Gasteiger partial charge in [0, 0.05) is 6.08 Å². The maximum atomic E-state index is 11.9. The molecule has 5 nitrogen and oxygen atoms in total. The van der Waals surface area contributed by atoms with Gasteiger partial charge in [0.2, 0.25) is 5.91 Å². The van der Waals surface area contributed by atoms with Gasteiger partial charge in [0.25, 0.3) is 0 Å². The molecule has 0 aromatic heterocycles. The second-order valence-corrected chi connectivity index (χ2v) is 5.35. The Balaban J connectivity index is 1.50. The summed E-state index contributed by atoms with van der Waals surface area (Å²) >= 11 is 0. The number of carbonyl (C=O) groups is 1. The van der Waals surface area contributed by atoms with E-state index in [1.54, 1.807) is 13.2 Å². The molecule has 0 radical (unpaired) electrons. The van der Waals surface area contributed by atoms with Gasteiger partial charge >= 0.3 is 0 Å². The Hall–Kier alpha value is -2.95. The molecule has 0 fully saturated rings. The van der Waals surface area contributed by atoms with Crippen molar-refractivity contribution in [3.8, 4) is 17.2 Å². The standard InChI is InChI=1S/C19H19NO4/c1-22-15-6-4-5-14(11-15)9-10-19(21)20-12-16-13-23-17-7-2-3-8-18(17)24-16/h2-11,16H,12-13H2,1H3,(H,20,21)/b10-9+/t16-/m0/s1. The van der Waals surface area contributed by atoms with Crippen LogP contribution in [0.3, 0.4) is 0 Å². The minimum Gasteiger partial charge on any atom is -0.497 e. The van der Waals surface area contributed by atoms with Gasteiger partial charge in [-0.1, -0.05) is 24.3 Å². The number of methoxy groups -OCH3 is 1. The summed E-state index contributed by atoms with van der Waals surface area (Å²) in [6, 6.07) is 15.0. The number of para-hydroxylation sites is 2. The predicted molar refractivity (Wildman–Crippen MR) is 91.4 cm³/mol. The molecule has 0 unspecified atom stereocenters. The summed E-state index contributed by atoms with van der Waals surface area (Å²) in [6.07, 6.45) is 3.03. The molecule has 1 N–H and O–H groups in total. The third-order valence-electron chi connectivity index (χ3n) is 3.59. The van der Waals surface area contributed by atoms with E-state index in [0.717, 1.165) is 17.1 Å². The van der Waals surface area contributed by atoms with Gasteiger partial charge in [-0.3, -0.25) is 4.79 Å². The molecule has 1 heterocycles. The molecule has 3 rings (SSSR count). The lowest BCUT2D eigenvalue weighted by molar-refractivity contribution is -0.116. The van der Waals surface area contributed by atoms with Crippen LogP contribution in [-0.2, 0) is 4.79 Å². The second kappa shape index (κ2) is 7.55. The van der Waals surface area contributed by atoms with Gasteiger partial charge < -0.3 is 19.5 Å². The predicted octanol–water partition coefficient (Wildman–Crippen LogP) is 2.66. The highest BCUT2D eigenvalue weighted by Crippen LogP contribution is 2.30. The zero-order chi connectivity index (χ0) is 16.8. The van der Waals surface area contributed by atoms with Crippen molar-refractivity contribution in [2.24, 2.45) is 0 Å². The zero-order valence-electron chi connectivity index (χ0n) is 13.4. The first kappa shape index (κ1) is 15.9. The molecule has 0 saturated heterocycles. The van der Waals surface area contributed by atoms with Gasteiger partial charge in [-0.05, 0) is 35.9 Å². The Bertz CT molecular complexity index is 742. The molecule has 1 aliphatic heterocycles. The molecule has 1 amide bonds. The number of hydrogen-bond donors (Lipinski definition) is 1. The lowest BCUT2D eigenvalue weighted by Gasteiger charge is -2.26. The number of rotatable bonds is 5. The van der Waals surface area contributed by atoms with Crippen LogP contribution in [0.5, 0.6) is 17.2 Å². The fraction of sp³-hybridized carbons (Fsp3) is 0.211. The van der Waals surface area contributed by atoms with Crippen molar-refractivity contribution in [3.63, 3.8) is 0 Å². The van der Waals surface area contributed by atoms with E-state index in [0.29, 0.717) is 18.9 Å². The largest absolute Gasteiger partial charge is 0.497 e. The van der Waals surface area contributed by atoms with E-state index in [2.05, 4.69) is 5.32 Å². The van der Waals surface area contributed by atoms with Gasteiger partial charge in [0.1, 0.15) is 18.5 Å². The molecule has 2 aromatic carbocycles. The first-order valence-electron chi connectivity index (χ1n) is 7.73. The van der Waals surface area contributed by atoms with Gasteiger partial charge in [-0.25, -0.2) is 0 Å². The molecular weight excluding hydrogens is 306 g/mol. The molecule has 0 bridgehead atoms. The van der Waals surface area contributed by atoms with Gasteiger partial charge in [0.15, 0.2) is 11.5 Å². The molecule has 0 saturated carbocycles. The van der Waals surface area contributed by atoms with Gasteiger partial charge in [-0.15, -0.1) is 0 Å². The van der Waals surface area contributed by atoms with Crippen LogP contribution in [0.2, 0.25) is 0 Å². The average Bonchev–Trinajstić information content (AvgIpc) is 2.64. The number of fused-ring (bicyclic) bond motifs is 1. The van der Waals surface area contributed by atoms with Crippen molar-refractivity contribution in [2.45, 2.75) is 6.10 Å². The summed E-state index contributed by atoms with van der Waals surface area (Å²) in [4.78, 5) is 11.9. The van der Waals surface area contributed by atoms with E-state index in [1.165, 1.54) is 6.08 Å². The number of hydrogen-bond acceptors (Lipinski definition) is 4. The molecule has 1 aliphatic rings. The fourth-order valence-corrected chi connectivity index (χ4v) is 2.35. The highest BCUT2D eigenvalue weighted by molar-refractivity contribution is 5.91. The van der Waals surface area contributed by atoms with Crippen molar-refractivity contribution in [3.05, 3.63) is 60.2 Å². The highest BCUT2D eigenvalue weighted by Gasteiger charge is 2.20. The summed E-state index contributed by atoms with van der Waals surface area (Å²) in [5.74, 6) is 2.01. The molecule has 0 spiro atoms. The first-order valence-corrected chi connectivity index (χ1v) is 7.73. The summed E-state index contributed by atoms with van der Waals surface area (Å²) < 4.78 is 16.6. The molecule has 24 heavy (non-hydrogen) atoms. The van der Waals surface area contributed by atoms with E-state index in [9.17, 15) is 4.79 Å². The number of carbonyl (C=O) groups excluding carboxylic acids is 1. The van der Waals surface area contributed by atoms with E-state index < -0.39 is 0 Å². The highest BCUT2D eigenvalue weighted by atomic mass is 16.6. The molecule has 0 aliphatic carbocycles. The number of nitrogens with one attached hydrogen (secondary N) is 1. The summed E-state index contributed by atoms with van der Waals surface area (Å²) in [6.45, 7) is 0.798. The Morgan fingerprint density at radius 1 is 1.25 bits per heavy atom. The maximum Gasteiger partial charge on any atom is 0.244 e. The third-order valence-corrected chi connectivity index (χ3v) is 3.59. The average molecular weight is 325 g/mol. The smallest absolute Gasteiger partial charge is 0.244 e. The number of ether oxygens (including phenoxy) is 3. The minimum absolute atomic E-state index is 0.180. The maximum absolute atomic E-state index is 11.9. The minimum atomic E-state index is -0.200. The van der Waals surface area contributed by atoms with Crippen LogP contribution in [0.1, 0.15) is 5.56 Å². The quantitative estimate of drug-likeness (QED) is 0.859. The normalized spacial score (nSPS) is 16.0. The Morgan fingerprint density at radius 2 is 2.08 bits per heavy atom. The van der Waals surface area contributed by atoms with E-state index in [1.807, 2.05) is 48.5 Å². The molecular formula is C19H19NO4. The van der Waals surface area contributed by atoms with Crippen LogP contribution in [0.15, 0.2) is 54.6 Å². The number of amides is 1. The number of benzene rings is 2. The Morgan fingerprint density at radius 3 is 2.92 bits per heavy atom. The summed E-state index contributed by atoms with van der Waals surface area (Å²) in [5.41, 5.74) is 0.899. The Kier molecular flexibility index (Phi) is 5.01. The topological polar surface area (TPSA) is 56.8 Å². The van der Waals surface area contributed by atoms with E-state index in [4.69, 9.17) is 14.2 Å². The monoisotopic (exact) mass is 325 g/mol. The van der Waals surface area contributed by atoms with E-state index >= 15 is 0 Å². The van der Waals surface area contributed by atoms with Crippen molar-refractivity contribution in [2.75, 3.05) is 20.3 Å². The lowest BCUT2D eigenvalue weighted by Crippen LogP contribution is -2.40. The van der Waals surface area contributed by atoms with Crippen LogP contribution >= 0.6 is 0 Å². The van der Waals surface area contributed by atoms with Crippen LogP contribution in [0.4, 0.5) is 0 Å². The van der Waals surface area contributed by atoms with Crippen LogP contribution < -0.4 is 19.5 Å². The molecule has 1 atom stereocenters. The molecule has 2 aromatic rings. The van der Waals surface area contributed by atoms with Crippen molar-refractivity contribution in [1.82, 2.24) is 5.32 Å². The van der Waals surface area contributed by atoms with Crippen molar-refractivity contribution >= 4 is 12.0 Å². The first-order chi connectivity index (χ1) is 11.7. The molecule has 5 heteroatoms. The lowest BCUT2D eigenvalue weighted by atomic mass is 10.2. The molecule has 124 valence electrons. The summed E-state index contributed by atoms with van der Waals surface area (Å²) in [5, 5.41) is 2.82. The van der Waals surface area contributed by atoms with Crippen LogP contribution in [0.25, 0.3) is 6.08 Å². The van der Waals surface area contributed by atoms with Gasteiger partial charge in [-0.2, -0.15) is 0 Å². The van der Waals surface area contributed by atoms with Crippen LogP contribution in [-0.4, -0.2) is 32.3 Å². The van der Waals surface area contributed by atoms with Crippen molar-refractivity contribution < 1.29 is 19.0 Å². The SMILES string of the molecule is COc1cccc(/C=C/C(=O)NC[C@H]2COc3ccccc3O2)c1. The Labute approximate surface area is 140 Å². The van der Waals surface area contributed by atoms with Gasteiger partial charge in [0.05, 0.1) is 13.7 Å². The zero-order valence-corrected chi connectivity index (χ0v) is 13.4. The second-order valence-electron chi connectivity index (χ2n) is 5.35. The van der Waals surface area contributed by atoms with Crippen LogP contribution in [0, 0.1) is 0 Å².